The van der Waals surface area contributed by atoms with E-state index in [4.69, 9.17) is 9.15 Å². The van der Waals surface area contributed by atoms with E-state index in [9.17, 15) is 0 Å². The smallest absolute Gasteiger partial charge is 0.377 e. The van der Waals surface area contributed by atoms with Crippen LogP contribution >= 0.6 is 0 Å². The lowest BCUT2D eigenvalue weighted by atomic mass is 10.0. The van der Waals surface area contributed by atoms with Gasteiger partial charge in [-0.25, -0.2) is 0 Å². The van der Waals surface area contributed by atoms with Crippen LogP contribution in [0.5, 0.6) is 5.75 Å². The number of ether oxygens (including phenoxy) is 1. The fraction of sp³-hybridized carbons (Fsp3) is 0.121. The molecule has 0 saturated carbocycles. The van der Waals surface area contributed by atoms with Gasteiger partial charge in [0.25, 0.3) is 5.52 Å². The first-order valence-corrected chi connectivity index (χ1v) is 12.9. The molecule has 0 radical (unpaired) electrons. The Morgan fingerprint density at radius 2 is 1.46 bits per heavy atom. The van der Waals surface area contributed by atoms with Crippen molar-refractivity contribution in [3.05, 3.63) is 120 Å². The molecular weight excluding hydrogens is 456 g/mol. The number of allylic oxidation sites excluding steroid dienone is 2. The minimum atomic E-state index is 0.931. The van der Waals surface area contributed by atoms with E-state index in [0.29, 0.717) is 0 Å². The topological polar surface area (TPSA) is 29.5 Å². The Kier molecular flexibility index (Phi) is 4.44. The first-order chi connectivity index (χ1) is 18.3. The molecule has 0 atom stereocenters. The monoisotopic (exact) mass is 481 g/mol. The molecule has 0 amide bonds. The van der Waals surface area contributed by atoms with Crippen LogP contribution in [0, 0.1) is 0 Å². The first kappa shape index (κ1) is 20.6. The number of aromatic nitrogens is 1. The Bertz CT molecular complexity index is 1750. The number of fused-ring (bicyclic) bond motifs is 6. The van der Waals surface area contributed by atoms with Crippen molar-refractivity contribution in [2.75, 3.05) is 11.4 Å². The summed E-state index contributed by atoms with van der Waals surface area (Å²) in [5, 5.41) is 0. The van der Waals surface area contributed by atoms with E-state index >= 15 is 0 Å². The highest BCUT2D eigenvalue weighted by molar-refractivity contribution is 5.81. The molecule has 0 aliphatic carbocycles. The minimum absolute atomic E-state index is 0.931. The van der Waals surface area contributed by atoms with Gasteiger partial charge in [-0.15, -0.1) is 0 Å². The number of oxazole rings is 1. The fourth-order valence-corrected chi connectivity index (χ4v) is 5.87. The molecular formula is C33H25N2O2+. The van der Waals surface area contributed by atoms with E-state index < -0.39 is 0 Å². The van der Waals surface area contributed by atoms with Crippen LogP contribution in [0.4, 0.5) is 5.69 Å². The molecule has 1 aromatic heterocycles. The van der Waals surface area contributed by atoms with E-state index in [1.807, 2.05) is 0 Å². The zero-order valence-electron chi connectivity index (χ0n) is 20.4. The van der Waals surface area contributed by atoms with Crippen molar-refractivity contribution in [2.45, 2.75) is 19.4 Å². The van der Waals surface area contributed by atoms with Gasteiger partial charge in [0.1, 0.15) is 0 Å². The van der Waals surface area contributed by atoms with Crippen LogP contribution in [-0.2, 0) is 6.54 Å². The van der Waals surface area contributed by atoms with Crippen molar-refractivity contribution in [3.8, 4) is 28.0 Å². The molecule has 0 spiro atoms. The summed E-state index contributed by atoms with van der Waals surface area (Å²) in [5.41, 5.74) is 10.6. The summed E-state index contributed by atoms with van der Waals surface area (Å²) < 4.78 is 15.1. The Morgan fingerprint density at radius 3 is 2.24 bits per heavy atom. The van der Waals surface area contributed by atoms with E-state index in [1.165, 1.54) is 33.4 Å². The second-order valence-electron chi connectivity index (χ2n) is 9.91. The lowest BCUT2D eigenvalue weighted by molar-refractivity contribution is -0.668. The van der Waals surface area contributed by atoms with Crippen molar-refractivity contribution in [1.29, 1.82) is 0 Å². The highest BCUT2D eigenvalue weighted by atomic mass is 16.5. The third-order valence-electron chi connectivity index (χ3n) is 7.72. The SMILES string of the molecule is C(=C1CC[n+]2c1oc1ccc(-c3ccccc3)cc12)C1=C2Oc3ccc(-c4ccccc4)cc3N2CC1. The van der Waals surface area contributed by atoms with Gasteiger partial charge in [0.2, 0.25) is 11.5 Å². The highest BCUT2D eigenvalue weighted by Crippen LogP contribution is 2.46. The third-order valence-corrected chi connectivity index (χ3v) is 7.72. The normalized spacial score (nSPS) is 16.9. The predicted octanol–water partition coefficient (Wildman–Crippen LogP) is 7.36. The quantitative estimate of drug-likeness (QED) is 0.252. The fourth-order valence-electron chi connectivity index (χ4n) is 5.87. The van der Waals surface area contributed by atoms with Gasteiger partial charge in [-0.2, -0.15) is 4.57 Å². The molecule has 3 aliphatic rings. The Morgan fingerprint density at radius 1 is 0.730 bits per heavy atom. The van der Waals surface area contributed by atoms with Crippen molar-refractivity contribution >= 4 is 22.4 Å². The average Bonchev–Trinajstić information content (AvgIpc) is 3.71. The van der Waals surface area contributed by atoms with Gasteiger partial charge in [-0.3, -0.25) is 0 Å². The molecule has 4 aromatic carbocycles. The van der Waals surface area contributed by atoms with Crippen molar-refractivity contribution in [1.82, 2.24) is 0 Å². The molecule has 4 heteroatoms. The number of anilines is 1. The van der Waals surface area contributed by atoms with Gasteiger partial charge in [0, 0.05) is 24.6 Å². The first-order valence-electron chi connectivity index (χ1n) is 12.9. The Labute approximate surface area is 215 Å². The largest absolute Gasteiger partial charge is 0.438 e. The Balaban J connectivity index is 1.14. The molecule has 4 heterocycles. The standard InChI is InChI=1S/C33H25N2O2/c1-3-7-22(8-4-1)24-11-13-30-28(20-24)34-17-15-26(32(34)36-30)19-27-16-18-35-29-21-25(23-9-5-2-6-10-23)12-14-31(29)37-33(27)35/h1-14,19-21H,15-18H2/q+1. The average molecular weight is 482 g/mol. The lowest BCUT2D eigenvalue weighted by Crippen LogP contribution is -2.30. The summed E-state index contributed by atoms with van der Waals surface area (Å²) in [6.45, 7) is 1.86. The maximum absolute atomic E-state index is 6.38. The third kappa shape index (κ3) is 3.26. The summed E-state index contributed by atoms with van der Waals surface area (Å²) in [6, 6.07) is 34.0. The number of nitrogens with zero attached hydrogens (tertiary/aromatic N) is 2. The number of aryl methyl sites for hydroxylation is 1. The molecule has 0 unspecified atom stereocenters. The maximum atomic E-state index is 6.38. The zero-order chi connectivity index (χ0) is 24.3. The molecule has 178 valence electrons. The zero-order valence-corrected chi connectivity index (χ0v) is 20.4. The van der Waals surface area contributed by atoms with Crippen LogP contribution < -0.4 is 14.2 Å². The molecule has 37 heavy (non-hydrogen) atoms. The second-order valence-corrected chi connectivity index (χ2v) is 9.91. The van der Waals surface area contributed by atoms with E-state index in [-0.39, 0.29) is 0 Å². The minimum Gasteiger partial charge on any atom is -0.438 e. The van der Waals surface area contributed by atoms with Crippen LogP contribution in [0.2, 0.25) is 0 Å². The summed E-state index contributed by atoms with van der Waals surface area (Å²) in [7, 11) is 0. The molecule has 0 bridgehead atoms. The molecule has 4 nitrogen and oxygen atoms in total. The van der Waals surface area contributed by atoms with Gasteiger partial charge < -0.3 is 14.1 Å². The van der Waals surface area contributed by atoms with Crippen LogP contribution in [0.1, 0.15) is 18.7 Å². The summed E-state index contributed by atoms with van der Waals surface area (Å²) in [5.74, 6) is 2.87. The molecule has 0 saturated heterocycles. The van der Waals surface area contributed by atoms with Gasteiger partial charge in [-0.1, -0.05) is 72.8 Å². The van der Waals surface area contributed by atoms with Crippen molar-refractivity contribution in [3.63, 3.8) is 0 Å². The molecule has 3 aliphatic heterocycles. The predicted molar refractivity (Wildman–Crippen MR) is 146 cm³/mol. The van der Waals surface area contributed by atoms with E-state index in [2.05, 4.69) is 113 Å². The summed E-state index contributed by atoms with van der Waals surface area (Å²) >= 11 is 0. The number of hydrogen-bond donors (Lipinski definition) is 0. The van der Waals surface area contributed by atoms with Crippen LogP contribution in [0.15, 0.2) is 119 Å². The highest BCUT2D eigenvalue weighted by Gasteiger charge is 2.37. The van der Waals surface area contributed by atoms with Crippen LogP contribution in [-0.4, -0.2) is 6.54 Å². The lowest BCUT2D eigenvalue weighted by Gasteiger charge is -2.12. The van der Waals surface area contributed by atoms with Crippen molar-refractivity contribution < 1.29 is 13.7 Å². The molecule has 0 fully saturated rings. The number of benzene rings is 4. The van der Waals surface area contributed by atoms with Gasteiger partial charge in [0.15, 0.2) is 12.3 Å². The second kappa shape index (κ2) is 7.97. The van der Waals surface area contributed by atoms with E-state index in [0.717, 1.165) is 60.2 Å². The van der Waals surface area contributed by atoms with Gasteiger partial charge >= 0.3 is 5.89 Å². The molecule has 5 aromatic rings. The van der Waals surface area contributed by atoms with Crippen LogP contribution in [0.25, 0.3) is 38.9 Å². The summed E-state index contributed by atoms with van der Waals surface area (Å²) in [6.07, 6.45) is 4.23. The number of hydrogen-bond acceptors (Lipinski definition) is 3. The van der Waals surface area contributed by atoms with Gasteiger partial charge in [0.05, 0.1) is 11.3 Å². The van der Waals surface area contributed by atoms with Gasteiger partial charge in [-0.05, 0) is 52.9 Å². The maximum Gasteiger partial charge on any atom is 0.377 e. The summed E-state index contributed by atoms with van der Waals surface area (Å²) in [4.78, 5) is 2.32. The van der Waals surface area contributed by atoms with Crippen LogP contribution in [0.3, 0.4) is 0 Å². The van der Waals surface area contributed by atoms with E-state index in [1.54, 1.807) is 0 Å². The molecule has 8 rings (SSSR count). The van der Waals surface area contributed by atoms with Crippen molar-refractivity contribution in [2.24, 2.45) is 0 Å². The molecule has 0 N–H and O–H groups in total. The Hall–Kier alpha value is -4.57. The number of rotatable bonds is 3.